The number of carbonyl (C=O) groups excluding carboxylic acids is 2. The molecule has 5 aromatic rings. The number of hydrogen-bond donors (Lipinski definition) is 1. The lowest BCUT2D eigenvalue weighted by molar-refractivity contribution is -0.113. The summed E-state index contributed by atoms with van der Waals surface area (Å²) < 4.78 is 19.5. The van der Waals surface area contributed by atoms with Gasteiger partial charge < -0.3 is 19.5 Å². The van der Waals surface area contributed by atoms with Crippen LogP contribution in [0, 0.1) is 0 Å². The summed E-state index contributed by atoms with van der Waals surface area (Å²) in [7, 11) is 0. The SMILES string of the molecule is CCOC(=O)c1ccc(COc2ccc(/C=c3\sc4n(c3=O)[C@H](c3ccc(OCC)cc3)C(C(=O)Nc3ccccc3)=C(C)N=4)cc2Br)cc1. The number of hydrogen-bond acceptors (Lipinski definition) is 8. The van der Waals surface area contributed by atoms with Crippen molar-refractivity contribution < 1.29 is 23.8 Å². The summed E-state index contributed by atoms with van der Waals surface area (Å²) in [5.74, 6) is 0.629. The third-order valence-corrected chi connectivity index (χ3v) is 9.52. The molecule has 1 aromatic heterocycles. The number of benzene rings is 4. The maximum atomic E-state index is 14.2. The number of ether oxygens (including phenoxy) is 3. The Morgan fingerprint density at radius 2 is 1.68 bits per heavy atom. The Bertz CT molecular complexity index is 2240. The molecule has 0 spiro atoms. The summed E-state index contributed by atoms with van der Waals surface area (Å²) in [5.41, 5.74) is 4.22. The molecular formula is C39H34BrN3O6S. The van der Waals surface area contributed by atoms with Crippen molar-refractivity contribution >= 4 is 50.9 Å². The van der Waals surface area contributed by atoms with E-state index in [1.807, 2.05) is 97.9 Å². The highest BCUT2D eigenvalue weighted by Gasteiger charge is 2.32. The van der Waals surface area contributed by atoms with Crippen LogP contribution in [0.2, 0.25) is 0 Å². The molecular weight excluding hydrogens is 718 g/mol. The van der Waals surface area contributed by atoms with Crippen LogP contribution in [0.1, 0.15) is 53.9 Å². The fraction of sp³-hybridized carbons (Fsp3) is 0.179. The van der Waals surface area contributed by atoms with E-state index in [-0.39, 0.29) is 17.4 Å². The van der Waals surface area contributed by atoms with E-state index in [1.54, 1.807) is 30.5 Å². The van der Waals surface area contributed by atoms with Gasteiger partial charge in [0.05, 0.1) is 45.1 Å². The Labute approximate surface area is 301 Å². The Balaban J connectivity index is 1.30. The van der Waals surface area contributed by atoms with Gasteiger partial charge in [0.1, 0.15) is 18.1 Å². The Morgan fingerprint density at radius 1 is 0.940 bits per heavy atom. The first-order valence-electron chi connectivity index (χ1n) is 16.1. The molecule has 6 rings (SSSR count). The molecule has 50 heavy (non-hydrogen) atoms. The van der Waals surface area contributed by atoms with Crippen molar-refractivity contribution in [1.29, 1.82) is 0 Å². The molecule has 0 bridgehead atoms. The highest BCUT2D eigenvalue weighted by Crippen LogP contribution is 2.32. The van der Waals surface area contributed by atoms with Gasteiger partial charge in [-0.25, -0.2) is 9.79 Å². The number of carbonyl (C=O) groups is 2. The average Bonchev–Trinajstić information content (AvgIpc) is 3.42. The molecule has 0 unspecified atom stereocenters. The monoisotopic (exact) mass is 751 g/mol. The number of nitrogens with one attached hydrogen (secondary N) is 1. The predicted octanol–water partition coefficient (Wildman–Crippen LogP) is 6.79. The van der Waals surface area contributed by atoms with Gasteiger partial charge in [0.15, 0.2) is 4.80 Å². The number of thiazole rings is 1. The highest BCUT2D eigenvalue weighted by molar-refractivity contribution is 9.10. The smallest absolute Gasteiger partial charge is 0.338 e. The molecule has 1 amide bonds. The van der Waals surface area contributed by atoms with Crippen LogP contribution < -0.4 is 29.7 Å². The molecule has 1 aliphatic heterocycles. The molecule has 9 nitrogen and oxygen atoms in total. The molecule has 11 heteroatoms. The molecule has 4 aromatic carbocycles. The van der Waals surface area contributed by atoms with Crippen LogP contribution in [-0.2, 0) is 16.1 Å². The zero-order valence-electron chi connectivity index (χ0n) is 27.6. The van der Waals surface area contributed by atoms with E-state index in [9.17, 15) is 14.4 Å². The maximum absolute atomic E-state index is 14.2. The van der Waals surface area contributed by atoms with Crippen LogP contribution in [0.4, 0.5) is 5.69 Å². The van der Waals surface area contributed by atoms with E-state index in [1.165, 1.54) is 11.3 Å². The van der Waals surface area contributed by atoms with Crippen LogP contribution in [0.3, 0.4) is 0 Å². The van der Waals surface area contributed by atoms with E-state index in [0.717, 1.165) is 16.7 Å². The van der Waals surface area contributed by atoms with Gasteiger partial charge in [0.25, 0.3) is 11.5 Å². The quantitative estimate of drug-likeness (QED) is 0.149. The molecule has 0 saturated carbocycles. The highest BCUT2D eigenvalue weighted by atomic mass is 79.9. The summed E-state index contributed by atoms with van der Waals surface area (Å²) in [5, 5.41) is 2.98. The largest absolute Gasteiger partial charge is 0.494 e. The number of para-hydroxylation sites is 1. The fourth-order valence-corrected chi connectivity index (χ4v) is 7.11. The van der Waals surface area contributed by atoms with Gasteiger partial charge in [-0.15, -0.1) is 0 Å². The lowest BCUT2D eigenvalue weighted by Gasteiger charge is -2.25. The fourth-order valence-electron chi connectivity index (χ4n) is 5.55. The summed E-state index contributed by atoms with van der Waals surface area (Å²) in [6.45, 7) is 6.62. The molecule has 0 aliphatic carbocycles. The van der Waals surface area contributed by atoms with E-state index >= 15 is 0 Å². The van der Waals surface area contributed by atoms with Gasteiger partial charge in [-0.2, -0.15) is 0 Å². The number of amides is 1. The molecule has 254 valence electrons. The van der Waals surface area contributed by atoms with Crippen molar-refractivity contribution in [1.82, 2.24) is 4.57 Å². The van der Waals surface area contributed by atoms with E-state index in [4.69, 9.17) is 19.2 Å². The number of aromatic nitrogens is 1. The molecule has 0 saturated heterocycles. The molecule has 1 atom stereocenters. The molecule has 1 N–H and O–H groups in total. The van der Waals surface area contributed by atoms with Crippen molar-refractivity contribution in [3.63, 3.8) is 0 Å². The summed E-state index contributed by atoms with van der Waals surface area (Å²) >= 11 is 4.88. The van der Waals surface area contributed by atoms with Crippen molar-refractivity contribution in [2.75, 3.05) is 18.5 Å². The second-order valence-electron chi connectivity index (χ2n) is 11.3. The lowest BCUT2D eigenvalue weighted by Crippen LogP contribution is -2.40. The van der Waals surface area contributed by atoms with Crippen molar-refractivity contribution in [3.8, 4) is 11.5 Å². The van der Waals surface area contributed by atoms with Crippen LogP contribution in [0.5, 0.6) is 11.5 Å². The first kappa shape index (κ1) is 34.6. The van der Waals surface area contributed by atoms with Crippen LogP contribution in [-0.4, -0.2) is 29.7 Å². The lowest BCUT2D eigenvalue weighted by atomic mass is 9.95. The van der Waals surface area contributed by atoms with Gasteiger partial charge in [0.2, 0.25) is 0 Å². The zero-order chi connectivity index (χ0) is 35.2. The Hall–Kier alpha value is -5.26. The minimum Gasteiger partial charge on any atom is -0.494 e. The summed E-state index contributed by atoms with van der Waals surface area (Å²) in [6.07, 6.45) is 1.81. The second kappa shape index (κ2) is 15.5. The van der Waals surface area contributed by atoms with Gasteiger partial charge in [0, 0.05) is 5.69 Å². The first-order chi connectivity index (χ1) is 24.2. The molecule has 0 fully saturated rings. The van der Waals surface area contributed by atoms with Crippen molar-refractivity contribution in [2.24, 2.45) is 4.99 Å². The third kappa shape index (κ3) is 7.64. The topological polar surface area (TPSA) is 108 Å². The summed E-state index contributed by atoms with van der Waals surface area (Å²) in [6, 6.07) is 28.6. The number of esters is 1. The number of anilines is 1. The predicted molar refractivity (Wildman–Crippen MR) is 197 cm³/mol. The van der Waals surface area contributed by atoms with Gasteiger partial charge >= 0.3 is 5.97 Å². The second-order valence-corrected chi connectivity index (χ2v) is 13.2. The molecule has 1 aliphatic rings. The van der Waals surface area contributed by atoms with Crippen molar-refractivity contribution in [3.05, 3.63) is 155 Å². The van der Waals surface area contributed by atoms with Gasteiger partial charge in [-0.05, 0) is 108 Å². The van der Waals surface area contributed by atoms with Crippen LogP contribution >= 0.6 is 27.3 Å². The van der Waals surface area contributed by atoms with Gasteiger partial charge in [-0.1, -0.05) is 59.9 Å². The van der Waals surface area contributed by atoms with E-state index < -0.39 is 6.04 Å². The minimum absolute atomic E-state index is 0.257. The third-order valence-electron chi connectivity index (χ3n) is 7.92. The normalized spacial score (nSPS) is 14.1. The standard InChI is InChI=1S/C39H34BrN3O6S/c1-4-47-30-18-16-27(17-19-30)35-34(36(44)42-29-9-7-6-8-10-29)24(3)41-39-43(35)37(45)33(50-39)22-26-13-20-32(31(40)21-26)49-23-25-11-14-28(15-12-25)38(46)48-5-2/h6-22,35H,4-5,23H2,1-3H3,(H,42,44)/b33-22-/t35-/m1/s1. The maximum Gasteiger partial charge on any atom is 0.338 e. The average molecular weight is 753 g/mol. The number of halogens is 1. The summed E-state index contributed by atoms with van der Waals surface area (Å²) in [4.78, 5) is 45.2. The Kier molecular flexibility index (Phi) is 10.7. The van der Waals surface area contributed by atoms with Crippen LogP contribution in [0.25, 0.3) is 6.08 Å². The number of allylic oxidation sites excluding steroid dienone is 1. The van der Waals surface area contributed by atoms with Crippen molar-refractivity contribution in [2.45, 2.75) is 33.4 Å². The van der Waals surface area contributed by atoms with Crippen LogP contribution in [0.15, 0.2) is 123 Å². The number of rotatable bonds is 11. The van der Waals surface area contributed by atoms with E-state index in [0.29, 0.717) is 67.6 Å². The zero-order valence-corrected chi connectivity index (χ0v) is 30.0. The first-order valence-corrected chi connectivity index (χ1v) is 17.7. The Morgan fingerprint density at radius 3 is 2.36 bits per heavy atom. The van der Waals surface area contributed by atoms with E-state index in [2.05, 4.69) is 21.2 Å². The number of fused-ring (bicyclic) bond motifs is 1. The molecule has 2 heterocycles. The molecule has 0 radical (unpaired) electrons. The number of nitrogens with zero attached hydrogens (tertiary/aromatic N) is 2. The van der Waals surface area contributed by atoms with Gasteiger partial charge in [-0.3, -0.25) is 14.2 Å². The minimum atomic E-state index is -0.707.